The fourth-order valence-corrected chi connectivity index (χ4v) is 2.77. The molecule has 2 saturated heterocycles. The van der Waals surface area contributed by atoms with Gasteiger partial charge in [-0.15, -0.1) is 0 Å². The average molecular weight is 332 g/mol. The second-order valence-corrected chi connectivity index (χ2v) is 6.36. The van der Waals surface area contributed by atoms with Gasteiger partial charge in [0.05, 0.1) is 6.61 Å². The zero-order valence-corrected chi connectivity index (χ0v) is 14.4. The molecule has 2 aliphatic rings. The van der Waals surface area contributed by atoms with Crippen molar-refractivity contribution in [1.82, 2.24) is 0 Å². The SMILES string of the molecule is CC#CC#C/C=C1/O[C@]2(CCCCO2)[C@@H](O)[C@@H]1OC(=O)CC(C)C. The highest BCUT2D eigenvalue weighted by Crippen LogP contribution is 2.42. The summed E-state index contributed by atoms with van der Waals surface area (Å²) in [7, 11) is 0. The molecule has 2 fully saturated rings. The van der Waals surface area contributed by atoms with Crippen molar-refractivity contribution < 1.29 is 24.1 Å². The topological polar surface area (TPSA) is 65.0 Å². The van der Waals surface area contributed by atoms with E-state index in [4.69, 9.17) is 14.2 Å². The summed E-state index contributed by atoms with van der Waals surface area (Å²) in [6, 6.07) is 0. The summed E-state index contributed by atoms with van der Waals surface area (Å²) in [4.78, 5) is 12.0. The fraction of sp³-hybridized carbons (Fsp3) is 0.632. The number of esters is 1. The molecule has 0 unspecified atom stereocenters. The summed E-state index contributed by atoms with van der Waals surface area (Å²) in [6.45, 7) is 6.06. The van der Waals surface area contributed by atoms with Gasteiger partial charge < -0.3 is 19.3 Å². The van der Waals surface area contributed by atoms with Gasteiger partial charge in [-0.2, -0.15) is 0 Å². The Bertz CT molecular complexity index is 605. The minimum Gasteiger partial charge on any atom is -0.459 e. The molecule has 0 aromatic heterocycles. The van der Waals surface area contributed by atoms with E-state index in [0.29, 0.717) is 18.8 Å². The molecule has 24 heavy (non-hydrogen) atoms. The van der Waals surface area contributed by atoms with Gasteiger partial charge in [0.2, 0.25) is 5.79 Å². The van der Waals surface area contributed by atoms with E-state index < -0.39 is 18.0 Å². The molecule has 0 saturated carbocycles. The number of aliphatic hydroxyl groups excluding tert-OH is 1. The van der Waals surface area contributed by atoms with Gasteiger partial charge >= 0.3 is 5.97 Å². The predicted octanol–water partition coefficient (Wildman–Crippen LogP) is 2.14. The van der Waals surface area contributed by atoms with E-state index in [2.05, 4.69) is 23.7 Å². The Morgan fingerprint density at radius 1 is 1.46 bits per heavy atom. The highest BCUT2D eigenvalue weighted by molar-refractivity contribution is 5.70. The first-order valence-electron chi connectivity index (χ1n) is 8.31. The lowest BCUT2D eigenvalue weighted by Gasteiger charge is -2.34. The molecule has 3 atom stereocenters. The van der Waals surface area contributed by atoms with Gasteiger partial charge in [-0.25, -0.2) is 0 Å². The normalized spacial score (nSPS) is 30.3. The van der Waals surface area contributed by atoms with Crippen molar-refractivity contribution in [3.63, 3.8) is 0 Å². The molecule has 1 spiro atoms. The Morgan fingerprint density at radius 3 is 2.88 bits per heavy atom. The minimum atomic E-state index is -1.15. The number of carbonyl (C=O) groups excluding carboxylic acids is 1. The lowest BCUT2D eigenvalue weighted by molar-refractivity contribution is -0.258. The van der Waals surface area contributed by atoms with Crippen molar-refractivity contribution in [1.29, 1.82) is 0 Å². The maximum absolute atomic E-state index is 12.0. The molecule has 5 heteroatoms. The quantitative estimate of drug-likeness (QED) is 0.634. The van der Waals surface area contributed by atoms with E-state index in [1.54, 1.807) is 6.92 Å². The third-order valence-corrected chi connectivity index (χ3v) is 3.88. The maximum Gasteiger partial charge on any atom is 0.306 e. The number of ether oxygens (including phenoxy) is 3. The minimum absolute atomic E-state index is 0.170. The molecule has 1 N–H and O–H groups in total. The molecule has 2 heterocycles. The van der Waals surface area contributed by atoms with Crippen LogP contribution in [-0.2, 0) is 19.0 Å². The van der Waals surface area contributed by atoms with Crippen molar-refractivity contribution in [3.8, 4) is 23.7 Å². The Balaban J connectivity index is 2.22. The van der Waals surface area contributed by atoms with Gasteiger partial charge in [0, 0.05) is 18.9 Å². The van der Waals surface area contributed by atoms with Crippen LogP contribution in [0.25, 0.3) is 0 Å². The molecule has 0 radical (unpaired) electrons. The molecule has 0 aliphatic carbocycles. The molecule has 5 nitrogen and oxygen atoms in total. The first-order chi connectivity index (χ1) is 11.5. The lowest BCUT2D eigenvalue weighted by atomic mass is 9.98. The first kappa shape index (κ1) is 18.4. The Kier molecular flexibility index (Phi) is 6.31. The highest BCUT2D eigenvalue weighted by atomic mass is 16.7. The molecule has 0 aromatic carbocycles. The van der Waals surface area contributed by atoms with Crippen LogP contribution in [0.1, 0.15) is 46.5 Å². The smallest absolute Gasteiger partial charge is 0.306 e. The van der Waals surface area contributed by atoms with Crippen molar-refractivity contribution in [2.45, 2.75) is 64.4 Å². The van der Waals surface area contributed by atoms with Gasteiger partial charge in [-0.05, 0) is 37.5 Å². The van der Waals surface area contributed by atoms with Crippen LogP contribution in [0.4, 0.5) is 0 Å². The zero-order chi connectivity index (χ0) is 17.6. The van der Waals surface area contributed by atoms with Crippen LogP contribution in [0.2, 0.25) is 0 Å². The summed E-state index contributed by atoms with van der Waals surface area (Å²) in [5.74, 6) is 9.64. The first-order valence-corrected chi connectivity index (χ1v) is 8.31. The molecular formula is C19H24O5. The highest BCUT2D eigenvalue weighted by Gasteiger charge is 2.56. The van der Waals surface area contributed by atoms with Gasteiger partial charge in [0.15, 0.2) is 18.0 Å². The standard InChI is InChI=1S/C19H24O5/c1-4-5-6-7-10-15-17(23-16(20)13-14(2)3)18(21)19(24-15)11-8-9-12-22-19/h10,14,17-18,21H,8-9,11-13H2,1-3H3/b15-10+/t17-,18+,19-/m1/s1. The predicted molar refractivity (Wildman–Crippen MR) is 88.3 cm³/mol. The number of hydrogen-bond donors (Lipinski definition) is 1. The number of rotatable bonds is 3. The molecule has 2 aliphatic heterocycles. The summed E-state index contributed by atoms with van der Waals surface area (Å²) in [6.07, 6.45) is 2.14. The number of aliphatic hydroxyl groups is 1. The van der Waals surface area contributed by atoms with Crippen molar-refractivity contribution in [3.05, 3.63) is 11.8 Å². The Morgan fingerprint density at radius 2 is 2.25 bits per heavy atom. The molecular weight excluding hydrogens is 308 g/mol. The summed E-state index contributed by atoms with van der Waals surface area (Å²) in [5, 5.41) is 10.7. The second-order valence-electron chi connectivity index (χ2n) is 6.36. The second kappa shape index (κ2) is 8.24. The summed E-state index contributed by atoms with van der Waals surface area (Å²) < 4.78 is 17.0. The van der Waals surface area contributed by atoms with Crippen LogP contribution in [0.3, 0.4) is 0 Å². The third-order valence-electron chi connectivity index (χ3n) is 3.88. The lowest BCUT2D eigenvalue weighted by Crippen LogP contribution is -2.48. The molecule has 2 rings (SSSR count). The third kappa shape index (κ3) is 4.32. The van der Waals surface area contributed by atoms with Crippen LogP contribution in [-0.4, -0.2) is 35.7 Å². The van der Waals surface area contributed by atoms with E-state index >= 15 is 0 Å². The van der Waals surface area contributed by atoms with E-state index in [1.807, 2.05) is 13.8 Å². The number of allylic oxidation sites excluding steroid dienone is 1. The number of carbonyl (C=O) groups is 1. The number of hydrogen-bond acceptors (Lipinski definition) is 5. The van der Waals surface area contributed by atoms with E-state index in [9.17, 15) is 9.90 Å². The Labute approximate surface area is 143 Å². The van der Waals surface area contributed by atoms with Crippen LogP contribution >= 0.6 is 0 Å². The van der Waals surface area contributed by atoms with E-state index in [1.165, 1.54) is 6.08 Å². The Hall–Kier alpha value is -1.95. The van der Waals surface area contributed by atoms with Crippen molar-refractivity contribution in [2.24, 2.45) is 5.92 Å². The molecule has 130 valence electrons. The van der Waals surface area contributed by atoms with Gasteiger partial charge in [-0.1, -0.05) is 25.7 Å². The van der Waals surface area contributed by atoms with Crippen LogP contribution in [0.5, 0.6) is 0 Å². The van der Waals surface area contributed by atoms with Gasteiger partial charge in [0.1, 0.15) is 0 Å². The van der Waals surface area contributed by atoms with Crippen LogP contribution in [0, 0.1) is 29.6 Å². The van der Waals surface area contributed by atoms with Crippen molar-refractivity contribution in [2.75, 3.05) is 6.61 Å². The molecule has 0 amide bonds. The molecule has 0 aromatic rings. The van der Waals surface area contributed by atoms with Crippen LogP contribution in [0.15, 0.2) is 11.8 Å². The van der Waals surface area contributed by atoms with E-state index in [-0.39, 0.29) is 18.3 Å². The van der Waals surface area contributed by atoms with Crippen molar-refractivity contribution >= 4 is 5.97 Å². The van der Waals surface area contributed by atoms with E-state index in [0.717, 1.165) is 12.8 Å². The summed E-state index contributed by atoms with van der Waals surface area (Å²) in [5.41, 5.74) is 0. The van der Waals surface area contributed by atoms with Gasteiger partial charge in [-0.3, -0.25) is 4.79 Å². The average Bonchev–Trinajstić information content (AvgIpc) is 2.77. The monoisotopic (exact) mass is 332 g/mol. The zero-order valence-electron chi connectivity index (χ0n) is 14.4. The fourth-order valence-electron chi connectivity index (χ4n) is 2.77. The van der Waals surface area contributed by atoms with Gasteiger partial charge in [0.25, 0.3) is 0 Å². The molecule has 0 bridgehead atoms. The van der Waals surface area contributed by atoms with Crippen LogP contribution < -0.4 is 0 Å². The summed E-state index contributed by atoms with van der Waals surface area (Å²) >= 11 is 0. The largest absolute Gasteiger partial charge is 0.459 e. The maximum atomic E-state index is 12.0.